The first-order chi connectivity index (χ1) is 8.25. The van der Waals surface area contributed by atoms with E-state index in [1.54, 1.807) is 0 Å². The smallest absolute Gasteiger partial charge is 0.241 e. The van der Waals surface area contributed by atoms with E-state index in [-0.39, 0.29) is 23.7 Å². The maximum absolute atomic E-state index is 12.0. The fourth-order valence-corrected chi connectivity index (χ4v) is 1.74. The summed E-state index contributed by atoms with van der Waals surface area (Å²) in [6, 6.07) is 5.45. The molecule has 3 N–H and O–H groups in total. The summed E-state index contributed by atoms with van der Waals surface area (Å²) in [5.41, 5.74) is 9.01. The van der Waals surface area contributed by atoms with Gasteiger partial charge in [0.1, 0.15) is 0 Å². The minimum Gasteiger partial charge on any atom is -0.325 e. The van der Waals surface area contributed by atoms with Crippen LogP contribution in [0.1, 0.15) is 38.8 Å². The van der Waals surface area contributed by atoms with E-state index < -0.39 is 6.04 Å². The predicted octanol–water partition coefficient (Wildman–Crippen LogP) is 3.29. The molecule has 1 aromatic carbocycles. The van der Waals surface area contributed by atoms with Gasteiger partial charge in [0, 0.05) is 5.69 Å². The lowest BCUT2D eigenvalue weighted by Gasteiger charge is -2.26. The van der Waals surface area contributed by atoms with Gasteiger partial charge in [-0.15, -0.1) is 12.4 Å². The number of amides is 1. The van der Waals surface area contributed by atoms with Crippen LogP contribution in [-0.4, -0.2) is 11.9 Å². The lowest BCUT2D eigenvalue weighted by Crippen LogP contribution is -2.45. The summed E-state index contributed by atoms with van der Waals surface area (Å²) in [4.78, 5) is 12.0. The molecule has 0 unspecified atom stereocenters. The van der Waals surface area contributed by atoms with Crippen LogP contribution in [0.3, 0.4) is 0 Å². The molecule has 1 amide bonds. The second-order valence-corrected chi connectivity index (χ2v) is 5.83. The van der Waals surface area contributed by atoms with E-state index in [1.165, 1.54) is 11.1 Å². The first-order valence-electron chi connectivity index (χ1n) is 6.41. The SMILES string of the molecule is CCc1cc(NC(=O)[C@@H](N)C(C)(C)C)ccc1C.Cl. The molecule has 0 aliphatic heterocycles. The van der Waals surface area contributed by atoms with Crippen LogP contribution in [0.5, 0.6) is 0 Å². The van der Waals surface area contributed by atoms with Crippen LogP contribution in [-0.2, 0) is 11.2 Å². The number of benzene rings is 1. The Labute approximate surface area is 122 Å². The van der Waals surface area contributed by atoms with Crippen molar-refractivity contribution in [3.63, 3.8) is 0 Å². The molecule has 0 saturated carbocycles. The number of aryl methyl sites for hydroxylation is 2. The van der Waals surface area contributed by atoms with E-state index in [0.717, 1.165) is 12.1 Å². The highest BCUT2D eigenvalue weighted by atomic mass is 35.5. The number of carbonyl (C=O) groups excluding carboxylic acids is 1. The average molecular weight is 285 g/mol. The molecule has 0 heterocycles. The maximum atomic E-state index is 12.0. The van der Waals surface area contributed by atoms with Gasteiger partial charge in [-0.1, -0.05) is 33.8 Å². The molecule has 0 saturated heterocycles. The van der Waals surface area contributed by atoms with Gasteiger partial charge in [-0.25, -0.2) is 0 Å². The molecule has 19 heavy (non-hydrogen) atoms. The highest BCUT2D eigenvalue weighted by molar-refractivity contribution is 5.95. The zero-order valence-corrected chi connectivity index (χ0v) is 13.2. The fraction of sp³-hybridized carbons (Fsp3) is 0.533. The van der Waals surface area contributed by atoms with Gasteiger partial charge in [0.25, 0.3) is 0 Å². The molecule has 3 nitrogen and oxygen atoms in total. The molecule has 0 bridgehead atoms. The predicted molar refractivity (Wildman–Crippen MR) is 83.9 cm³/mol. The van der Waals surface area contributed by atoms with Gasteiger partial charge in [0.2, 0.25) is 5.91 Å². The van der Waals surface area contributed by atoms with Gasteiger partial charge in [-0.05, 0) is 42.0 Å². The molecule has 1 rings (SSSR count). The molecule has 0 spiro atoms. The Kier molecular flexibility index (Phi) is 6.53. The standard InChI is InChI=1S/C15H24N2O.ClH/c1-6-11-9-12(8-7-10(11)2)17-14(18)13(16)15(3,4)5;/h7-9,13H,6,16H2,1-5H3,(H,17,18);1H/t13-;/m1./s1. The average Bonchev–Trinajstić information content (AvgIpc) is 2.29. The van der Waals surface area contributed by atoms with Crippen LogP contribution in [0.25, 0.3) is 0 Å². The molecule has 1 atom stereocenters. The van der Waals surface area contributed by atoms with E-state index in [1.807, 2.05) is 39.0 Å². The van der Waals surface area contributed by atoms with E-state index in [2.05, 4.69) is 19.2 Å². The Balaban J connectivity index is 0.00000324. The van der Waals surface area contributed by atoms with Crippen molar-refractivity contribution in [1.29, 1.82) is 0 Å². The number of hydrogen-bond donors (Lipinski definition) is 2. The Bertz CT molecular complexity index is 438. The fourth-order valence-electron chi connectivity index (χ4n) is 1.74. The number of hydrogen-bond acceptors (Lipinski definition) is 2. The Hall–Kier alpha value is -1.06. The summed E-state index contributed by atoms with van der Waals surface area (Å²) >= 11 is 0. The second kappa shape index (κ2) is 6.92. The molecule has 108 valence electrons. The molecule has 4 heteroatoms. The molecule has 0 fully saturated rings. The van der Waals surface area contributed by atoms with Gasteiger partial charge in [0.15, 0.2) is 0 Å². The number of rotatable bonds is 3. The Morgan fingerprint density at radius 2 is 1.95 bits per heavy atom. The van der Waals surface area contributed by atoms with Crippen LogP contribution in [0, 0.1) is 12.3 Å². The summed E-state index contributed by atoms with van der Waals surface area (Å²) in [5, 5.41) is 2.89. The van der Waals surface area contributed by atoms with Crippen LogP contribution >= 0.6 is 12.4 Å². The van der Waals surface area contributed by atoms with Crippen molar-refractivity contribution in [2.45, 2.75) is 47.1 Å². The van der Waals surface area contributed by atoms with Crippen molar-refractivity contribution in [1.82, 2.24) is 0 Å². The first kappa shape index (κ1) is 17.9. The number of anilines is 1. The third-order valence-corrected chi connectivity index (χ3v) is 3.21. The molecular weight excluding hydrogens is 260 g/mol. The van der Waals surface area contributed by atoms with Gasteiger partial charge in [-0.2, -0.15) is 0 Å². The van der Waals surface area contributed by atoms with Gasteiger partial charge in [-0.3, -0.25) is 4.79 Å². The molecule has 0 aromatic heterocycles. The second-order valence-electron chi connectivity index (χ2n) is 5.83. The molecule has 0 aliphatic rings. The largest absolute Gasteiger partial charge is 0.325 e. The summed E-state index contributed by atoms with van der Waals surface area (Å²) in [6.07, 6.45) is 0.959. The normalized spacial score (nSPS) is 12.5. The van der Waals surface area contributed by atoms with Crippen molar-refractivity contribution in [3.05, 3.63) is 29.3 Å². The molecular formula is C15H25ClN2O. The van der Waals surface area contributed by atoms with E-state index in [4.69, 9.17) is 5.73 Å². The van der Waals surface area contributed by atoms with Gasteiger partial charge < -0.3 is 11.1 Å². The van der Waals surface area contributed by atoms with Crippen molar-refractivity contribution < 1.29 is 4.79 Å². The van der Waals surface area contributed by atoms with E-state index in [0.29, 0.717) is 0 Å². The van der Waals surface area contributed by atoms with Crippen molar-refractivity contribution >= 4 is 24.0 Å². The number of nitrogens with two attached hydrogens (primary N) is 1. The monoisotopic (exact) mass is 284 g/mol. The van der Waals surface area contributed by atoms with Gasteiger partial charge >= 0.3 is 0 Å². The third kappa shape index (κ3) is 4.84. The highest BCUT2D eigenvalue weighted by Gasteiger charge is 2.27. The lowest BCUT2D eigenvalue weighted by molar-refractivity contribution is -0.119. The number of halogens is 1. The zero-order chi connectivity index (χ0) is 13.9. The van der Waals surface area contributed by atoms with Crippen molar-refractivity contribution in [2.75, 3.05) is 5.32 Å². The summed E-state index contributed by atoms with van der Waals surface area (Å²) in [7, 11) is 0. The molecule has 0 radical (unpaired) electrons. The van der Waals surface area contributed by atoms with Crippen LogP contribution in [0.2, 0.25) is 0 Å². The topological polar surface area (TPSA) is 55.1 Å². The Morgan fingerprint density at radius 3 is 2.42 bits per heavy atom. The summed E-state index contributed by atoms with van der Waals surface area (Å²) in [5.74, 6) is -0.131. The quantitative estimate of drug-likeness (QED) is 0.895. The van der Waals surface area contributed by atoms with E-state index in [9.17, 15) is 4.79 Å². The number of nitrogens with one attached hydrogen (secondary N) is 1. The van der Waals surface area contributed by atoms with Crippen LogP contribution < -0.4 is 11.1 Å². The first-order valence-corrected chi connectivity index (χ1v) is 6.41. The van der Waals surface area contributed by atoms with Crippen LogP contribution in [0.4, 0.5) is 5.69 Å². The minimum absolute atomic E-state index is 0. The van der Waals surface area contributed by atoms with Crippen molar-refractivity contribution in [3.8, 4) is 0 Å². The molecule has 0 aliphatic carbocycles. The maximum Gasteiger partial charge on any atom is 0.241 e. The van der Waals surface area contributed by atoms with Crippen molar-refractivity contribution in [2.24, 2.45) is 11.1 Å². The summed E-state index contributed by atoms with van der Waals surface area (Å²) in [6.45, 7) is 10.1. The highest BCUT2D eigenvalue weighted by Crippen LogP contribution is 2.20. The van der Waals surface area contributed by atoms with Crippen LogP contribution in [0.15, 0.2) is 18.2 Å². The van der Waals surface area contributed by atoms with Gasteiger partial charge in [0.05, 0.1) is 6.04 Å². The Morgan fingerprint density at radius 1 is 1.37 bits per heavy atom. The molecule has 1 aromatic rings. The summed E-state index contributed by atoms with van der Waals surface area (Å²) < 4.78 is 0. The zero-order valence-electron chi connectivity index (χ0n) is 12.4. The van der Waals surface area contributed by atoms with E-state index >= 15 is 0 Å². The lowest BCUT2D eigenvalue weighted by atomic mass is 9.87. The third-order valence-electron chi connectivity index (χ3n) is 3.21. The number of carbonyl (C=O) groups is 1. The minimum atomic E-state index is -0.510.